The molecule has 0 aliphatic heterocycles. The fourth-order valence-electron chi connectivity index (χ4n) is 1.46. The zero-order chi connectivity index (χ0) is 14.6. The number of phenols is 2. The second-order valence-electron chi connectivity index (χ2n) is 5.23. The molecule has 1 aromatic carbocycles. The molecule has 0 bridgehead atoms. The predicted octanol–water partition coefficient (Wildman–Crippen LogP) is 1.62. The second kappa shape index (κ2) is 5.79. The van der Waals surface area contributed by atoms with Gasteiger partial charge in [-0.15, -0.1) is 0 Å². The molecule has 0 saturated heterocycles. The minimum absolute atomic E-state index is 0.0476. The van der Waals surface area contributed by atoms with Gasteiger partial charge in [0.15, 0.2) is 0 Å². The van der Waals surface area contributed by atoms with Crippen molar-refractivity contribution in [2.24, 2.45) is 5.73 Å². The number of carbonyl (C=O) groups is 1. The largest absolute Gasteiger partial charge is 0.508 e. The van der Waals surface area contributed by atoms with Crippen LogP contribution >= 0.6 is 0 Å². The van der Waals surface area contributed by atoms with Crippen molar-refractivity contribution in [3.63, 3.8) is 0 Å². The van der Waals surface area contributed by atoms with Gasteiger partial charge < -0.3 is 26.0 Å². The third-order valence-electron chi connectivity index (χ3n) is 2.28. The Kier molecular flexibility index (Phi) is 4.61. The summed E-state index contributed by atoms with van der Waals surface area (Å²) in [6, 6.07) is 3.53. The van der Waals surface area contributed by atoms with Gasteiger partial charge in [-0.2, -0.15) is 0 Å². The van der Waals surface area contributed by atoms with Crippen molar-refractivity contribution in [2.75, 3.05) is 6.54 Å². The van der Waals surface area contributed by atoms with Gasteiger partial charge in [-0.25, -0.2) is 4.79 Å². The van der Waals surface area contributed by atoms with Crippen molar-refractivity contribution in [3.8, 4) is 11.5 Å². The van der Waals surface area contributed by atoms with Gasteiger partial charge in [0.25, 0.3) is 0 Å². The molecule has 0 aliphatic carbocycles. The van der Waals surface area contributed by atoms with Crippen LogP contribution in [0.25, 0.3) is 0 Å². The lowest BCUT2D eigenvalue weighted by atomic mass is 10.1. The third-order valence-corrected chi connectivity index (χ3v) is 2.28. The van der Waals surface area contributed by atoms with Crippen molar-refractivity contribution in [3.05, 3.63) is 23.8 Å². The smallest absolute Gasteiger partial charge is 0.407 e. The van der Waals surface area contributed by atoms with Gasteiger partial charge in [-0.05, 0) is 26.8 Å². The van der Waals surface area contributed by atoms with Gasteiger partial charge in [0.05, 0.1) is 6.04 Å². The molecule has 1 unspecified atom stereocenters. The Hall–Kier alpha value is -1.95. The van der Waals surface area contributed by atoms with Crippen LogP contribution in [0, 0.1) is 0 Å². The maximum absolute atomic E-state index is 11.4. The van der Waals surface area contributed by atoms with E-state index in [2.05, 4.69) is 5.32 Å². The predicted molar refractivity (Wildman–Crippen MR) is 70.9 cm³/mol. The number of carbonyl (C=O) groups excluding carboxylic acids is 1. The minimum Gasteiger partial charge on any atom is -0.508 e. The number of amides is 1. The van der Waals surface area contributed by atoms with Crippen LogP contribution < -0.4 is 11.1 Å². The number of aromatic hydroxyl groups is 2. The van der Waals surface area contributed by atoms with Crippen molar-refractivity contribution in [1.82, 2.24) is 5.32 Å². The van der Waals surface area contributed by atoms with Crippen molar-refractivity contribution < 1.29 is 19.7 Å². The summed E-state index contributed by atoms with van der Waals surface area (Å²) in [5, 5.41) is 21.3. The van der Waals surface area contributed by atoms with Gasteiger partial charge in [0.1, 0.15) is 17.1 Å². The summed E-state index contributed by atoms with van der Waals surface area (Å²) >= 11 is 0. The van der Waals surface area contributed by atoms with E-state index in [1.165, 1.54) is 18.2 Å². The van der Waals surface area contributed by atoms with Gasteiger partial charge in [-0.3, -0.25) is 0 Å². The first kappa shape index (κ1) is 15.1. The van der Waals surface area contributed by atoms with Gasteiger partial charge in [0.2, 0.25) is 0 Å². The Balaban J connectivity index is 2.56. The number of nitrogens with one attached hydrogen (secondary N) is 1. The molecule has 6 heteroatoms. The molecule has 0 aromatic heterocycles. The van der Waals surface area contributed by atoms with Crippen LogP contribution in [0.3, 0.4) is 0 Å². The molecule has 106 valence electrons. The topological polar surface area (TPSA) is 105 Å². The second-order valence-corrected chi connectivity index (χ2v) is 5.23. The summed E-state index contributed by atoms with van der Waals surface area (Å²) in [5.41, 5.74) is 5.71. The van der Waals surface area contributed by atoms with Gasteiger partial charge in [0, 0.05) is 18.2 Å². The monoisotopic (exact) mass is 268 g/mol. The van der Waals surface area contributed by atoms with Crippen molar-refractivity contribution in [2.45, 2.75) is 32.4 Å². The van der Waals surface area contributed by atoms with E-state index in [1.807, 2.05) is 0 Å². The molecule has 0 saturated carbocycles. The lowest BCUT2D eigenvalue weighted by Crippen LogP contribution is -2.36. The molecule has 1 atom stereocenters. The highest BCUT2D eigenvalue weighted by molar-refractivity contribution is 5.67. The maximum Gasteiger partial charge on any atom is 0.407 e. The Labute approximate surface area is 112 Å². The number of hydrogen-bond donors (Lipinski definition) is 4. The maximum atomic E-state index is 11.4. The van der Waals surface area contributed by atoms with Crippen LogP contribution in [0.5, 0.6) is 11.5 Å². The summed E-state index contributed by atoms with van der Waals surface area (Å²) in [4.78, 5) is 11.4. The molecule has 0 radical (unpaired) electrons. The average Bonchev–Trinajstić information content (AvgIpc) is 2.23. The molecule has 0 heterocycles. The summed E-state index contributed by atoms with van der Waals surface area (Å²) < 4.78 is 5.07. The molecule has 19 heavy (non-hydrogen) atoms. The van der Waals surface area contributed by atoms with E-state index in [1.54, 1.807) is 20.8 Å². The fraction of sp³-hybridized carbons (Fsp3) is 0.462. The number of ether oxygens (including phenoxy) is 1. The SMILES string of the molecule is CC(C)(C)OC(=O)NCC(N)c1ccc(O)cc1O. The highest BCUT2D eigenvalue weighted by Gasteiger charge is 2.18. The fourth-order valence-corrected chi connectivity index (χ4v) is 1.46. The average molecular weight is 268 g/mol. The number of benzene rings is 1. The Morgan fingerprint density at radius 1 is 1.42 bits per heavy atom. The van der Waals surface area contributed by atoms with Crippen LogP contribution in [0.15, 0.2) is 18.2 Å². The van der Waals surface area contributed by atoms with E-state index in [4.69, 9.17) is 10.5 Å². The van der Waals surface area contributed by atoms with E-state index in [9.17, 15) is 15.0 Å². The molecule has 1 rings (SSSR count). The zero-order valence-corrected chi connectivity index (χ0v) is 11.3. The van der Waals surface area contributed by atoms with Crippen LogP contribution in [0.4, 0.5) is 4.79 Å². The van der Waals surface area contributed by atoms with Gasteiger partial charge >= 0.3 is 6.09 Å². The normalized spacial score (nSPS) is 12.8. The number of rotatable bonds is 3. The zero-order valence-electron chi connectivity index (χ0n) is 11.3. The first-order chi connectivity index (χ1) is 8.69. The molecule has 1 amide bonds. The van der Waals surface area contributed by atoms with E-state index < -0.39 is 17.7 Å². The molecule has 0 aliphatic rings. The molecule has 1 aromatic rings. The van der Waals surface area contributed by atoms with E-state index in [-0.39, 0.29) is 18.0 Å². The molecule has 6 nitrogen and oxygen atoms in total. The molecular weight excluding hydrogens is 248 g/mol. The van der Waals surface area contributed by atoms with Crippen LogP contribution in [-0.4, -0.2) is 28.5 Å². The van der Waals surface area contributed by atoms with Crippen LogP contribution in [0.1, 0.15) is 32.4 Å². The number of alkyl carbamates (subject to hydrolysis) is 1. The lowest BCUT2D eigenvalue weighted by Gasteiger charge is -2.21. The molecule has 0 fully saturated rings. The number of phenolic OH excluding ortho intramolecular Hbond substituents is 2. The number of hydrogen-bond acceptors (Lipinski definition) is 5. The standard InChI is InChI=1S/C13H20N2O4/c1-13(2,3)19-12(18)15-7-10(14)9-5-4-8(16)6-11(9)17/h4-6,10,16-17H,7,14H2,1-3H3,(H,15,18). The number of nitrogens with two attached hydrogens (primary N) is 1. The van der Waals surface area contributed by atoms with E-state index in [0.717, 1.165) is 0 Å². The van der Waals surface area contributed by atoms with E-state index >= 15 is 0 Å². The van der Waals surface area contributed by atoms with Crippen LogP contribution in [0.2, 0.25) is 0 Å². The van der Waals surface area contributed by atoms with Gasteiger partial charge in [-0.1, -0.05) is 6.07 Å². The van der Waals surface area contributed by atoms with E-state index in [0.29, 0.717) is 5.56 Å². The summed E-state index contributed by atoms with van der Waals surface area (Å²) in [7, 11) is 0. The molecule has 5 N–H and O–H groups in total. The van der Waals surface area contributed by atoms with Crippen molar-refractivity contribution in [1.29, 1.82) is 0 Å². The Morgan fingerprint density at radius 3 is 2.58 bits per heavy atom. The van der Waals surface area contributed by atoms with Crippen molar-refractivity contribution >= 4 is 6.09 Å². The minimum atomic E-state index is -0.590. The summed E-state index contributed by atoms with van der Waals surface area (Å²) in [6.45, 7) is 5.40. The molecular formula is C13H20N2O4. The quantitative estimate of drug-likeness (QED) is 0.666. The summed E-state index contributed by atoms with van der Waals surface area (Å²) in [6.07, 6.45) is -0.568. The highest BCUT2D eigenvalue weighted by atomic mass is 16.6. The van der Waals surface area contributed by atoms with Crippen LogP contribution in [-0.2, 0) is 4.74 Å². The first-order valence-electron chi connectivity index (χ1n) is 5.93. The Morgan fingerprint density at radius 2 is 2.05 bits per heavy atom. The lowest BCUT2D eigenvalue weighted by molar-refractivity contribution is 0.0524. The third kappa shape index (κ3) is 5.05. The highest BCUT2D eigenvalue weighted by Crippen LogP contribution is 2.26. The Bertz CT molecular complexity index is 454. The summed E-state index contributed by atoms with van der Waals surface area (Å²) in [5.74, 6) is -0.160. The molecule has 0 spiro atoms. The first-order valence-corrected chi connectivity index (χ1v) is 5.93.